The maximum atomic E-state index is 12.3. The number of aryl methyl sites for hydroxylation is 1. The highest BCUT2D eigenvalue weighted by atomic mass is 16.5. The van der Waals surface area contributed by atoms with E-state index in [4.69, 9.17) is 15.6 Å². The third-order valence-electron chi connectivity index (χ3n) is 6.93. The third-order valence-corrected chi connectivity index (χ3v) is 6.93. The van der Waals surface area contributed by atoms with Crippen molar-refractivity contribution < 1.29 is 19.7 Å². The highest BCUT2D eigenvalue weighted by molar-refractivity contribution is 5.76. The Kier molecular flexibility index (Phi) is 7.40. The SMILES string of the molecule is Cc1ccc(-c2cc(C3(O)CCC(OC(=O)[C@@H](N)C(C)C)CC3)nn2-c2ccc(CO)cc2)cc1. The molecule has 1 atom stereocenters. The molecule has 0 bridgehead atoms. The van der Waals surface area contributed by atoms with Crippen molar-refractivity contribution in [3.05, 3.63) is 71.4 Å². The van der Waals surface area contributed by atoms with Crippen molar-refractivity contribution in [1.29, 1.82) is 0 Å². The van der Waals surface area contributed by atoms with Crippen LogP contribution in [0.15, 0.2) is 54.6 Å². The van der Waals surface area contributed by atoms with Crippen LogP contribution in [0, 0.1) is 12.8 Å². The summed E-state index contributed by atoms with van der Waals surface area (Å²) in [5, 5.41) is 25.8. The van der Waals surface area contributed by atoms with Gasteiger partial charge in [-0.25, -0.2) is 4.68 Å². The Morgan fingerprint density at radius 2 is 1.77 bits per heavy atom. The molecule has 35 heavy (non-hydrogen) atoms. The molecule has 3 aromatic rings. The Hall–Kier alpha value is -3.00. The lowest BCUT2D eigenvalue weighted by molar-refractivity contribution is -0.156. The fourth-order valence-corrected chi connectivity index (χ4v) is 4.44. The molecule has 0 radical (unpaired) electrons. The normalized spacial score (nSPS) is 21.2. The molecule has 1 fully saturated rings. The molecule has 0 aliphatic heterocycles. The van der Waals surface area contributed by atoms with E-state index in [2.05, 4.69) is 12.1 Å². The van der Waals surface area contributed by atoms with Gasteiger partial charge in [-0.05, 0) is 62.3 Å². The van der Waals surface area contributed by atoms with Gasteiger partial charge in [-0.15, -0.1) is 0 Å². The van der Waals surface area contributed by atoms with Crippen molar-refractivity contribution >= 4 is 5.97 Å². The van der Waals surface area contributed by atoms with E-state index in [1.165, 1.54) is 0 Å². The minimum Gasteiger partial charge on any atom is -0.461 e. The second kappa shape index (κ2) is 10.3. The molecule has 1 heterocycles. The zero-order chi connectivity index (χ0) is 25.2. The van der Waals surface area contributed by atoms with E-state index in [1.807, 2.05) is 67.9 Å². The largest absolute Gasteiger partial charge is 0.461 e. The van der Waals surface area contributed by atoms with E-state index in [0.29, 0.717) is 31.4 Å². The van der Waals surface area contributed by atoms with Gasteiger partial charge in [0.05, 0.1) is 23.7 Å². The Balaban J connectivity index is 1.60. The number of aliphatic hydroxyl groups excluding tert-OH is 1. The molecule has 7 heteroatoms. The highest BCUT2D eigenvalue weighted by Crippen LogP contribution is 2.39. The smallest absolute Gasteiger partial charge is 0.323 e. The fraction of sp³-hybridized carbons (Fsp3) is 0.429. The Labute approximate surface area is 206 Å². The minimum absolute atomic E-state index is 0.0126. The van der Waals surface area contributed by atoms with Crippen molar-refractivity contribution in [2.24, 2.45) is 11.7 Å². The Morgan fingerprint density at radius 3 is 2.34 bits per heavy atom. The van der Waals surface area contributed by atoms with Gasteiger partial charge in [0.15, 0.2) is 0 Å². The van der Waals surface area contributed by atoms with Gasteiger partial charge in [-0.1, -0.05) is 55.8 Å². The van der Waals surface area contributed by atoms with E-state index in [0.717, 1.165) is 28.1 Å². The van der Waals surface area contributed by atoms with Crippen molar-refractivity contribution in [3.8, 4) is 16.9 Å². The molecule has 186 valence electrons. The first-order chi connectivity index (χ1) is 16.7. The zero-order valence-corrected chi connectivity index (χ0v) is 20.6. The number of esters is 1. The zero-order valence-electron chi connectivity index (χ0n) is 20.6. The van der Waals surface area contributed by atoms with E-state index in [-0.39, 0.29) is 24.6 Å². The van der Waals surface area contributed by atoms with Crippen LogP contribution in [-0.4, -0.2) is 38.1 Å². The summed E-state index contributed by atoms with van der Waals surface area (Å²) >= 11 is 0. The van der Waals surface area contributed by atoms with Crippen LogP contribution in [0.3, 0.4) is 0 Å². The quantitative estimate of drug-likeness (QED) is 0.444. The molecule has 1 aliphatic carbocycles. The molecule has 4 rings (SSSR count). The molecule has 1 aliphatic rings. The number of nitrogens with two attached hydrogens (primary N) is 1. The lowest BCUT2D eigenvalue weighted by Gasteiger charge is -2.35. The summed E-state index contributed by atoms with van der Waals surface area (Å²) in [6.07, 6.45) is 1.72. The number of hydrogen-bond acceptors (Lipinski definition) is 6. The molecular formula is C28H35N3O4. The van der Waals surface area contributed by atoms with Gasteiger partial charge in [0.25, 0.3) is 0 Å². The van der Waals surface area contributed by atoms with Crippen LogP contribution in [0.25, 0.3) is 16.9 Å². The van der Waals surface area contributed by atoms with Crippen LogP contribution >= 0.6 is 0 Å². The average molecular weight is 478 g/mol. The molecule has 7 nitrogen and oxygen atoms in total. The number of hydrogen-bond donors (Lipinski definition) is 3. The second-order valence-corrected chi connectivity index (χ2v) is 9.95. The van der Waals surface area contributed by atoms with Gasteiger partial charge in [-0.2, -0.15) is 5.10 Å². The molecule has 0 saturated heterocycles. The monoisotopic (exact) mass is 477 g/mol. The number of carbonyl (C=O) groups is 1. The van der Waals surface area contributed by atoms with Crippen molar-refractivity contribution in [2.75, 3.05) is 0 Å². The topological polar surface area (TPSA) is 111 Å². The van der Waals surface area contributed by atoms with Crippen LogP contribution in [0.5, 0.6) is 0 Å². The number of ether oxygens (including phenoxy) is 1. The summed E-state index contributed by atoms with van der Waals surface area (Å²) < 4.78 is 7.46. The fourth-order valence-electron chi connectivity index (χ4n) is 4.44. The van der Waals surface area contributed by atoms with E-state index >= 15 is 0 Å². The van der Waals surface area contributed by atoms with Crippen LogP contribution in [-0.2, 0) is 21.7 Å². The molecule has 1 aromatic heterocycles. The lowest BCUT2D eigenvalue weighted by Crippen LogP contribution is -2.41. The molecule has 1 saturated carbocycles. The predicted octanol–water partition coefficient (Wildman–Crippen LogP) is 4.00. The molecular weight excluding hydrogens is 442 g/mol. The van der Waals surface area contributed by atoms with Gasteiger partial charge < -0.3 is 20.7 Å². The van der Waals surface area contributed by atoms with Gasteiger partial charge in [-0.3, -0.25) is 4.79 Å². The predicted molar refractivity (Wildman–Crippen MR) is 135 cm³/mol. The Morgan fingerprint density at radius 1 is 1.14 bits per heavy atom. The van der Waals surface area contributed by atoms with Crippen LogP contribution in [0.4, 0.5) is 0 Å². The number of benzene rings is 2. The summed E-state index contributed by atoms with van der Waals surface area (Å²) in [7, 11) is 0. The van der Waals surface area contributed by atoms with E-state index in [9.17, 15) is 15.0 Å². The summed E-state index contributed by atoms with van der Waals surface area (Å²) in [5.74, 6) is -0.369. The van der Waals surface area contributed by atoms with E-state index < -0.39 is 11.6 Å². The first kappa shape index (κ1) is 25.1. The second-order valence-electron chi connectivity index (χ2n) is 9.95. The molecule has 2 aromatic carbocycles. The number of nitrogens with zero attached hydrogens (tertiary/aromatic N) is 2. The minimum atomic E-state index is -1.11. The summed E-state index contributed by atoms with van der Waals surface area (Å²) in [6.45, 7) is 5.81. The lowest BCUT2D eigenvalue weighted by atomic mass is 9.81. The first-order valence-electron chi connectivity index (χ1n) is 12.3. The number of aliphatic hydroxyl groups is 2. The number of rotatable bonds is 7. The number of aromatic nitrogens is 2. The van der Waals surface area contributed by atoms with Crippen LogP contribution < -0.4 is 5.73 Å². The maximum absolute atomic E-state index is 12.3. The van der Waals surface area contributed by atoms with Crippen molar-refractivity contribution in [3.63, 3.8) is 0 Å². The standard InChI is InChI=1S/C28H35N3O4/c1-18(2)26(29)27(33)35-23-12-14-28(34,15-13-23)25-16-24(21-8-4-19(3)5-9-21)31(30-25)22-10-6-20(17-32)7-11-22/h4-11,16,18,23,26,32,34H,12-15,17,29H2,1-3H3/t23?,26-,28?/m0/s1. The van der Waals surface area contributed by atoms with E-state index in [1.54, 1.807) is 0 Å². The molecule has 4 N–H and O–H groups in total. The van der Waals surface area contributed by atoms with Crippen LogP contribution in [0.1, 0.15) is 56.4 Å². The maximum Gasteiger partial charge on any atom is 0.323 e. The summed E-state index contributed by atoms with van der Waals surface area (Å²) in [6, 6.07) is 17.1. The third kappa shape index (κ3) is 5.48. The molecule has 0 amide bonds. The Bertz CT molecular complexity index is 1140. The van der Waals surface area contributed by atoms with Gasteiger partial charge in [0.1, 0.15) is 17.7 Å². The average Bonchev–Trinajstić information content (AvgIpc) is 3.32. The van der Waals surface area contributed by atoms with Gasteiger partial charge in [0, 0.05) is 5.56 Å². The first-order valence-corrected chi connectivity index (χ1v) is 12.3. The highest BCUT2D eigenvalue weighted by Gasteiger charge is 2.39. The number of carbonyl (C=O) groups excluding carboxylic acids is 1. The summed E-state index contributed by atoms with van der Waals surface area (Å²) in [4.78, 5) is 12.3. The van der Waals surface area contributed by atoms with Crippen molar-refractivity contribution in [1.82, 2.24) is 9.78 Å². The molecule has 0 spiro atoms. The summed E-state index contributed by atoms with van der Waals surface area (Å²) in [5.41, 5.74) is 10.1. The van der Waals surface area contributed by atoms with Gasteiger partial charge in [0.2, 0.25) is 0 Å². The van der Waals surface area contributed by atoms with Crippen LogP contribution in [0.2, 0.25) is 0 Å². The van der Waals surface area contributed by atoms with Gasteiger partial charge >= 0.3 is 5.97 Å². The van der Waals surface area contributed by atoms with Crippen molar-refractivity contribution in [2.45, 2.75) is 70.8 Å². The molecule has 0 unspecified atom stereocenters.